The summed E-state index contributed by atoms with van der Waals surface area (Å²) in [7, 11) is 0. The van der Waals surface area contributed by atoms with Crippen molar-refractivity contribution >= 4 is 11.4 Å². The quantitative estimate of drug-likeness (QED) is 0.662. The fraction of sp³-hybridized carbons (Fsp3) is 0.0714. The van der Waals surface area contributed by atoms with Crippen LogP contribution in [0.15, 0.2) is 54.6 Å². The van der Waals surface area contributed by atoms with Crippen LogP contribution in [0, 0.1) is 0 Å². The molecule has 0 aliphatic heterocycles. The van der Waals surface area contributed by atoms with E-state index < -0.39 is 0 Å². The van der Waals surface area contributed by atoms with Crippen LogP contribution in [0.5, 0.6) is 0 Å². The van der Waals surface area contributed by atoms with E-state index in [1.54, 1.807) is 6.08 Å². The molecule has 0 spiro atoms. The third-order valence-corrected chi connectivity index (χ3v) is 2.61. The average Bonchev–Trinajstić information content (AvgIpc) is 2.51. The summed E-state index contributed by atoms with van der Waals surface area (Å²) in [6, 6.07) is 7.69. The van der Waals surface area contributed by atoms with Gasteiger partial charge in [0.2, 0.25) is 0 Å². The smallest absolute Gasteiger partial charge is 0.189 e. The zero-order valence-corrected chi connectivity index (χ0v) is 8.66. The maximum Gasteiger partial charge on any atom is 0.189 e. The number of hydrogen-bond acceptors (Lipinski definition) is 1. The standard InChI is InChI=1S/C14H12O/c1-3-4-7-11-10(2)14(15)13-9-6-5-8-12(11)13/h3-9H,1H2,2H3/b7-4-. The molecule has 0 saturated carbocycles. The molecule has 2 rings (SSSR count). The summed E-state index contributed by atoms with van der Waals surface area (Å²) in [6.45, 7) is 5.49. The first-order chi connectivity index (χ1) is 7.25. The Morgan fingerprint density at radius 2 is 1.87 bits per heavy atom. The maximum absolute atomic E-state index is 11.9. The molecule has 0 unspecified atom stereocenters. The Labute approximate surface area is 89.4 Å². The lowest BCUT2D eigenvalue weighted by molar-refractivity contribution is 0.103. The summed E-state index contributed by atoms with van der Waals surface area (Å²) < 4.78 is 0. The topological polar surface area (TPSA) is 17.1 Å². The van der Waals surface area contributed by atoms with E-state index in [1.807, 2.05) is 43.3 Å². The van der Waals surface area contributed by atoms with Crippen LogP contribution in [0.1, 0.15) is 22.8 Å². The van der Waals surface area contributed by atoms with Gasteiger partial charge in [0, 0.05) is 11.1 Å². The summed E-state index contributed by atoms with van der Waals surface area (Å²) >= 11 is 0. The highest BCUT2D eigenvalue weighted by atomic mass is 16.1. The molecule has 0 radical (unpaired) electrons. The van der Waals surface area contributed by atoms with Crippen molar-refractivity contribution in [2.75, 3.05) is 0 Å². The van der Waals surface area contributed by atoms with E-state index in [9.17, 15) is 4.79 Å². The molecule has 0 saturated heterocycles. The van der Waals surface area contributed by atoms with Gasteiger partial charge in [-0.3, -0.25) is 4.79 Å². The predicted octanol–water partition coefficient (Wildman–Crippen LogP) is 3.40. The molecular weight excluding hydrogens is 184 g/mol. The molecule has 1 nitrogen and oxygen atoms in total. The maximum atomic E-state index is 11.9. The number of allylic oxidation sites excluding steroid dienone is 5. The summed E-state index contributed by atoms with van der Waals surface area (Å²) in [5.41, 5.74) is 3.65. The number of carbonyl (C=O) groups excluding carboxylic acids is 1. The van der Waals surface area contributed by atoms with Crippen LogP contribution in [-0.4, -0.2) is 5.78 Å². The molecule has 74 valence electrons. The van der Waals surface area contributed by atoms with Crippen LogP contribution >= 0.6 is 0 Å². The molecule has 1 aromatic carbocycles. The van der Waals surface area contributed by atoms with E-state index in [4.69, 9.17) is 0 Å². The van der Waals surface area contributed by atoms with Crippen molar-refractivity contribution in [1.82, 2.24) is 0 Å². The molecule has 0 aromatic heterocycles. The minimum atomic E-state index is 0.134. The molecule has 1 aliphatic carbocycles. The zero-order chi connectivity index (χ0) is 10.8. The van der Waals surface area contributed by atoms with Gasteiger partial charge in [-0.2, -0.15) is 0 Å². The third kappa shape index (κ3) is 1.46. The minimum Gasteiger partial charge on any atom is -0.289 e. The molecule has 1 heteroatoms. The molecule has 1 aliphatic rings. The summed E-state index contributed by atoms with van der Waals surface area (Å²) in [5.74, 6) is 0.134. The molecule has 15 heavy (non-hydrogen) atoms. The van der Waals surface area contributed by atoms with Crippen LogP contribution in [-0.2, 0) is 0 Å². The average molecular weight is 196 g/mol. The number of rotatable bonds is 2. The Kier molecular flexibility index (Phi) is 2.38. The van der Waals surface area contributed by atoms with Crippen molar-refractivity contribution in [3.8, 4) is 0 Å². The third-order valence-electron chi connectivity index (χ3n) is 2.61. The van der Waals surface area contributed by atoms with Gasteiger partial charge >= 0.3 is 0 Å². The van der Waals surface area contributed by atoms with Gasteiger partial charge in [0.15, 0.2) is 5.78 Å². The van der Waals surface area contributed by atoms with Crippen LogP contribution in [0.4, 0.5) is 0 Å². The number of Topliss-reactive ketones (excluding diaryl/α,β-unsaturated/α-hetero) is 1. The number of ketones is 1. The fourth-order valence-corrected chi connectivity index (χ4v) is 1.82. The highest BCUT2D eigenvalue weighted by molar-refractivity contribution is 6.21. The highest BCUT2D eigenvalue weighted by Gasteiger charge is 2.24. The lowest BCUT2D eigenvalue weighted by Gasteiger charge is -1.98. The Bertz CT molecular complexity index is 490. The lowest BCUT2D eigenvalue weighted by atomic mass is 10.1. The molecule has 1 aromatic rings. The molecule has 0 bridgehead atoms. The number of benzene rings is 1. The van der Waals surface area contributed by atoms with Gasteiger partial charge in [0.25, 0.3) is 0 Å². The monoisotopic (exact) mass is 196 g/mol. The van der Waals surface area contributed by atoms with Gasteiger partial charge in [0.1, 0.15) is 0 Å². The molecular formula is C14H12O. The molecule has 0 amide bonds. The number of carbonyl (C=O) groups is 1. The van der Waals surface area contributed by atoms with E-state index in [0.717, 1.165) is 22.3 Å². The second-order valence-corrected chi connectivity index (χ2v) is 3.51. The second kappa shape index (κ2) is 3.70. The SMILES string of the molecule is C=C/C=C\C1=C(C)C(=O)c2ccccc21. The van der Waals surface area contributed by atoms with Crippen LogP contribution < -0.4 is 0 Å². The van der Waals surface area contributed by atoms with Gasteiger partial charge in [-0.15, -0.1) is 0 Å². The normalized spacial score (nSPS) is 14.9. The van der Waals surface area contributed by atoms with Crippen molar-refractivity contribution in [3.05, 3.63) is 65.8 Å². The second-order valence-electron chi connectivity index (χ2n) is 3.51. The Balaban J connectivity index is 2.59. The van der Waals surface area contributed by atoms with Crippen molar-refractivity contribution < 1.29 is 4.79 Å². The molecule has 0 fully saturated rings. The number of fused-ring (bicyclic) bond motifs is 1. The van der Waals surface area contributed by atoms with E-state index in [0.29, 0.717) is 0 Å². The van der Waals surface area contributed by atoms with Gasteiger partial charge < -0.3 is 0 Å². The lowest BCUT2D eigenvalue weighted by Crippen LogP contribution is -1.94. The Morgan fingerprint density at radius 3 is 2.53 bits per heavy atom. The highest BCUT2D eigenvalue weighted by Crippen LogP contribution is 2.33. The van der Waals surface area contributed by atoms with E-state index >= 15 is 0 Å². The minimum absolute atomic E-state index is 0.134. The van der Waals surface area contributed by atoms with Crippen molar-refractivity contribution in [3.63, 3.8) is 0 Å². The van der Waals surface area contributed by atoms with E-state index in [-0.39, 0.29) is 5.78 Å². The van der Waals surface area contributed by atoms with E-state index in [1.165, 1.54) is 0 Å². The summed E-state index contributed by atoms with van der Waals surface area (Å²) in [4.78, 5) is 11.9. The van der Waals surface area contributed by atoms with Crippen molar-refractivity contribution in [2.45, 2.75) is 6.92 Å². The molecule has 0 heterocycles. The van der Waals surface area contributed by atoms with Crippen LogP contribution in [0.2, 0.25) is 0 Å². The first kappa shape index (κ1) is 9.66. The van der Waals surface area contributed by atoms with Crippen molar-refractivity contribution in [2.24, 2.45) is 0 Å². The zero-order valence-electron chi connectivity index (χ0n) is 8.66. The fourth-order valence-electron chi connectivity index (χ4n) is 1.82. The predicted molar refractivity (Wildman–Crippen MR) is 62.7 cm³/mol. The van der Waals surface area contributed by atoms with E-state index in [2.05, 4.69) is 6.58 Å². The molecule has 0 atom stereocenters. The van der Waals surface area contributed by atoms with Gasteiger partial charge in [-0.25, -0.2) is 0 Å². The first-order valence-corrected chi connectivity index (χ1v) is 4.90. The number of hydrogen-bond donors (Lipinski definition) is 0. The first-order valence-electron chi connectivity index (χ1n) is 4.90. The van der Waals surface area contributed by atoms with Gasteiger partial charge in [0.05, 0.1) is 0 Å². The largest absolute Gasteiger partial charge is 0.289 e. The van der Waals surface area contributed by atoms with Gasteiger partial charge in [-0.1, -0.05) is 49.1 Å². The van der Waals surface area contributed by atoms with Crippen LogP contribution in [0.3, 0.4) is 0 Å². The Hall–Kier alpha value is -1.89. The Morgan fingerprint density at radius 1 is 1.20 bits per heavy atom. The molecule has 0 N–H and O–H groups in total. The summed E-state index contributed by atoms with van der Waals surface area (Å²) in [6.07, 6.45) is 5.51. The van der Waals surface area contributed by atoms with Crippen molar-refractivity contribution in [1.29, 1.82) is 0 Å². The summed E-state index contributed by atoms with van der Waals surface area (Å²) in [5, 5.41) is 0. The van der Waals surface area contributed by atoms with Gasteiger partial charge in [-0.05, 0) is 18.1 Å². The van der Waals surface area contributed by atoms with Crippen LogP contribution in [0.25, 0.3) is 5.57 Å².